The van der Waals surface area contributed by atoms with Gasteiger partial charge in [-0.2, -0.15) is 0 Å². The Bertz CT molecular complexity index is 1720. The van der Waals surface area contributed by atoms with Gasteiger partial charge in [0, 0.05) is 49.8 Å². The Labute approximate surface area is 313 Å². The van der Waals surface area contributed by atoms with Gasteiger partial charge in [-0.25, -0.2) is 0 Å². The smallest absolute Gasteiger partial charge is 0.320 e. The summed E-state index contributed by atoms with van der Waals surface area (Å²) in [4.78, 5) is 13.9. The number of ether oxygens (including phenoxy) is 6. The van der Waals surface area contributed by atoms with Gasteiger partial charge in [0.25, 0.3) is 0 Å². The molecule has 1 aliphatic heterocycles. The highest BCUT2D eigenvalue weighted by Crippen LogP contribution is 2.45. The quantitative estimate of drug-likeness (QED) is 0.124. The predicted octanol–water partition coefficient (Wildman–Crippen LogP) is 6.50. The van der Waals surface area contributed by atoms with E-state index in [1.165, 1.54) is 5.57 Å². The monoisotopic (exact) mass is 730 g/mol. The van der Waals surface area contributed by atoms with Gasteiger partial charge in [0.05, 0.1) is 52.8 Å². The number of nitrogens with one attached hydrogen (secondary N) is 1. The Morgan fingerprint density at radius 1 is 0.887 bits per heavy atom. The van der Waals surface area contributed by atoms with Crippen molar-refractivity contribution >= 4 is 11.5 Å². The minimum absolute atomic E-state index is 0.0443. The van der Waals surface area contributed by atoms with Crippen LogP contribution in [0.15, 0.2) is 66.8 Å². The molecule has 5 rings (SSSR count). The first-order valence-corrected chi connectivity index (χ1v) is 18.2. The SMILES string of the molecule is COc1cc(OCc2cccc(C3=CC=CC(COc4cc(OC)c(CN5CCCC[C@H]5C(=O)O)c(OC)c4)C3(C)C)c2)cc(OC)c1CNCCO. The first kappa shape index (κ1) is 39.5. The third kappa shape index (κ3) is 9.45. The number of hydrogen-bond acceptors (Lipinski definition) is 10. The van der Waals surface area contributed by atoms with Crippen LogP contribution in [0.2, 0.25) is 0 Å². The summed E-state index contributed by atoms with van der Waals surface area (Å²) >= 11 is 0. The minimum Gasteiger partial charge on any atom is -0.496 e. The third-order valence-corrected chi connectivity index (χ3v) is 10.3. The molecule has 2 aliphatic rings. The fraction of sp³-hybridized carbons (Fsp3) is 0.452. The molecule has 1 saturated heterocycles. The molecule has 3 N–H and O–H groups in total. The minimum atomic E-state index is -0.799. The molecule has 0 spiro atoms. The predicted molar refractivity (Wildman–Crippen MR) is 204 cm³/mol. The maximum Gasteiger partial charge on any atom is 0.320 e. The number of carboxylic acids is 1. The number of rotatable bonds is 18. The van der Waals surface area contributed by atoms with E-state index in [0.29, 0.717) is 80.3 Å². The molecule has 3 aromatic carbocycles. The summed E-state index contributed by atoms with van der Waals surface area (Å²) in [6.07, 6.45) is 8.94. The number of hydrogen-bond donors (Lipinski definition) is 3. The number of carboxylic acid groups (broad SMARTS) is 1. The average molecular weight is 731 g/mol. The maximum atomic E-state index is 11.9. The summed E-state index contributed by atoms with van der Waals surface area (Å²) in [6.45, 7) is 7.37. The molecule has 0 aromatic heterocycles. The molecule has 11 nitrogen and oxygen atoms in total. The number of nitrogens with zero attached hydrogens (tertiary/aromatic N) is 1. The summed E-state index contributed by atoms with van der Waals surface area (Å²) in [5.74, 6) is 3.02. The maximum absolute atomic E-state index is 11.9. The molecule has 3 aromatic rings. The second-order valence-electron chi connectivity index (χ2n) is 13.9. The molecule has 286 valence electrons. The summed E-state index contributed by atoms with van der Waals surface area (Å²) < 4.78 is 35.5. The van der Waals surface area contributed by atoms with E-state index in [1.807, 2.05) is 29.2 Å². The van der Waals surface area contributed by atoms with Crippen molar-refractivity contribution in [2.45, 2.75) is 58.8 Å². The van der Waals surface area contributed by atoms with Gasteiger partial charge in [-0.15, -0.1) is 0 Å². The van der Waals surface area contributed by atoms with Crippen LogP contribution in [0.4, 0.5) is 0 Å². The second-order valence-corrected chi connectivity index (χ2v) is 13.9. The fourth-order valence-electron chi connectivity index (χ4n) is 7.23. The van der Waals surface area contributed by atoms with Crippen molar-refractivity contribution in [3.05, 3.63) is 89.0 Å². The summed E-state index contributed by atoms with van der Waals surface area (Å²) in [6, 6.07) is 15.3. The number of carbonyl (C=O) groups is 1. The van der Waals surface area contributed by atoms with Crippen LogP contribution in [0.1, 0.15) is 55.4 Å². The van der Waals surface area contributed by atoms with Crippen LogP contribution in [0.25, 0.3) is 5.57 Å². The van der Waals surface area contributed by atoms with E-state index in [4.69, 9.17) is 33.5 Å². The van der Waals surface area contributed by atoms with Crippen LogP contribution in [0, 0.1) is 11.3 Å². The second kappa shape index (κ2) is 18.4. The molecule has 53 heavy (non-hydrogen) atoms. The van der Waals surface area contributed by atoms with Gasteiger partial charge in [-0.1, -0.05) is 56.7 Å². The first-order valence-electron chi connectivity index (χ1n) is 18.2. The summed E-state index contributed by atoms with van der Waals surface area (Å²) in [5.41, 5.74) is 4.73. The van der Waals surface area contributed by atoms with Crippen molar-refractivity contribution < 1.29 is 43.4 Å². The molecule has 0 amide bonds. The Balaban J connectivity index is 1.27. The van der Waals surface area contributed by atoms with Gasteiger partial charge < -0.3 is 44.0 Å². The topological polar surface area (TPSA) is 128 Å². The lowest BCUT2D eigenvalue weighted by Gasteiger charge is -2.37. The number of aliphatic hydroxyl groups is 1. The molecular formula is C42H54N2O9. The van der Waals surface area contributed by atoms with E-state index < -0.39 is 12.0 Å². The molecular weight excluding hydrogens is 676 g/mol. The van der Waals surface area contributed by atoms with Crippen molar-refractivity contribution in [2.24, 2.45) is 11.3 Å². The Kier molecular flexibility index (Phi) is 13.7. The molecule has 2 atom stereocenters. The highest BCUT2D eigenvalue weighted by atomic mass is 16.5. The average Bonchev–Trinajstić information content (AvgIpc) is 3.17. The number of piperidine rings is 1. The van der Waals surface area contributed by atoms with E-state index in [2.05, 4.69) is 61.7 Å². The highest BCUT2D eigenvalue weighted by molar-refractivity contribution is 5.74. The summed E-state index contributed by atoms with van der Waals surface area (Å²) in [7, 11) is 6.45. The van der Waals surface area contributed by atoms with Gasteiger partial charge in [0.15, 0.2) is 0 Å². The zero-order valence-electron chi connectivity index (χ0n) is 31.8. The van der Waals surface area contributed by atoms with Gasteiger partial charge >= 0.3 is 5.97 Å². The lowest BCUT2D eigenvalue weighted by atomic mass is 9.68. The highest BCUT2D eigenvalue weighted by Gasteiger charge is 2.35. The van der Waals surface area contributed by atoms with Crippen molar-refractivity contribution in [2.75, 3.05) is 54.7 Å². The first-order chi connectivity index (χ1) is 25.6. The van der Waals surface area contributed by atoms with Gasteiger partial charge in [0.2, 0.25) is 0 Å². The van der Waals surface area contributed by atoms with Crippen LogP contribution < -0.4 is 33.7 Å². The van der Waals surface area contributed by atoms with Crippen molar-refractivity contribution in [3.8, 4) is 34.5 Å². The molecule has 11 heteroatoms. The van der Waals surface area contributed by atoms with Crippen LogP contribution in [0.5, 0.6) is 34.5 Å². The van der Waals surface area contributed by atoms with Gasteiger partial charge in [0.1, 0.15) is 47.1 Å². The van der Waals surface area contributed by atoms with Gasteiger partial charge in [-0.05, 0) is 47.6 Å². The van der Waals surface area contributed by atoms with E-state index in [-0.39, 0.29) is 17.9 Å². The molecule has 1 fully saturated rings. The number of methoxy groups -OCH3 is 4. The Hall–Kier alpha value is -4.71. The van der Waals surface area contributed by atoms with Crippen molar-refractivity contribution in [3.63, 3.8) is 0 Å². The lowest BCUT2D eigenvalue weighted by Crippen LogP contribution is -2.44. The van der Waals surface area contributed by atoms with E-state index >= 15 is 0 Å². The summed E-state index contributed by atoms with van der Waals surface area (Å²) in [5, 5.41) is 22.1. The number of aliphatic hydroxyl groups excluding tert-OH is 1. The van der Waals surface area contributed by atoms with E-state index in [1.54, 1.807) is 28.4 Å². The molecule has 1 aliphatic carbocycles. The molecule has 1 unspecified atom stereocenters. The normalized spacial score (nSPS) is 18.2. The van der Waals surface area contributed by atoms with E-state index in [0.717, 1.165) is 35.1 Å². The van der Waals surface area contributed by atoms with Crippen LogP contribution >= 0.6 is 0 Å². The fourth-order valence-corrected chi connectivity index (χ4v) is 7.23. The number of likely N-dealkylation sites (tertiary alicyclic amines) is 1. The largest absolute Gasteiger partial charge is 0.496 e. The molecule has 0 saturated carbocycles. The van der Waals surface area contributed by atoms with Gasteiger partial charge in [-0.3, -0.25) is 9.69 Å². The zero-order chi connectivity index (χ0) is 38.0. The number of allylic oxidation sites excluding steroid dienone is 3. The molecule has 0 radical (unpaired) electrons. The molecule has 1 heterocycles. The van der Waals surface area contributed by atoms with Crippen molar-refractivity contribution in [1.82, 2.24) is 10.2 Å². The van der Waals surface area contributed by atoms with Crippen molar-refractivity contribution in [1.29, 1.82) is 0 Å². The van der Waals surface area contributed by atoms with Crippen LogP contribution in [-0.2, 0) is 24.5 Å². The van der Waals surface area contributed by atoms with E-state index in [9.17, 15) is 9.90 Å². The lowest BCUT2D eigenvalue weighted by molar-refractivity contribution is -0.144. The number of benzene rings is 3. The molecule has 0 bridgehead atoms. The van der Waals surface area contributed by atoms with Crippen LogP contribution in [0.3, 0.4) is 0 Å². The Morgan fingerprint density at radius 2 is 1.53 bits per heavy atom. The van der Waals surface area contributed by atoms with Crippen LogP contribution in [-0.4, -0.2) is 81.9 Å². The Morgan fingerprint density at radius 3 is 2.15 bits per heavy atom. The zero-order valence-corrected chi connectivity index (χ0v) is 31.8. The standard InChI is InChI=1S/C42H54N2O9/c1-42(2)30(27-53-32-22-39(50-5)34(40(23-32)51-6)25-44-17-8-7-15-36(44)41(46)47)13-10-14-35(42)29-12-9-11-28(19-29)26-52-31-20-37(48-3)33(24-43-16-18-45)38(21-31)49-4/h9-14,19-23,30,36,43,45H,7-8,15-18,24-27H2,1-6H3,(H,46,47)/t30?,36-/m0/s1. The number of aliphatic carboxylic acids is 1. The third-order valence-electron chi connectivity index (χ3n) is 10.3.